The van der Waals surface area contributed by atoms with Gasteiger partial charge >= 0.3 is 5.97 Å². The topological polar surface area (TPSA) is 90.2 Å². The van der Waals surface area contributed by atoms with E-state index in [0.29, 0.717) is 27.7 Å². The predicted molar refractivity (Wildman–Crippen MR) is 127 cm³/mol. The van der Waals surface area contributed by atoms with E-state index in [0.717, 1.165) is 19.3 Å². The van der Waals surface area contributed by atoms with E-state index in [-0.39, 0.29) is 36.8 Å². The number of benzene rings is 1. The Bertz CT molecular complexity index is 1250. The van der Waals surface area contributed by atoms with Gasteiger partial charge < -0.3 is 14.4 Å². The molecule has 2 aromatic heterocycles. The van der Waals surface area contributed by atoms with Crippen molar-refractivity contribution in [3.63, 3.8) is 0 Å². The van der Waals surface area contributed by atoms with Gasteiger partial charge in [-0.15, -0.1) is 0 Å². The molecule has 34 heavy (non-hydrogen) atoms. The number of esters is 1. The van der Waals surface area contributed by atoms with Crippen LogP contribution in [0.1, 0.15) is 49.2 Å². The van der Waals surface area contributed by atoms with Crippen LogP contribution in [0.4, 0.5) is 0 Å². The highest BCUT2D eigenvalue weighted by molar-refractivity contribution is 6.30. The van der Waals surface area contributed by atoms with E-state index in [1.165, 1.54) is 16.7 Å². The Hall–Kier alpha value is -3.39. The Balaban J connectivity index is 1.32. The molecule has 0 aliphatic carbocycles. The molecule has 3 aromatic rings. The SMILES string of the molecule is CC1CCCC(C)N1C(=O)COc1ccc(C(=O)OCc2cc(=O)n3cc(Cl)ccc3n2)cc1. The quantitative estimate of drug-likeness (QED) is 0.494. The van der Waals surface area contributed by atoms with Gasteiger partial charge in [-0.1, -0.05) is 11.6 Å². The van der Waals surface area contributed by atoms with Crippen LogP contribution < -0.4 is 10.3 Å². The van der Waals surface area contributed by atoms with Crippen LogP contribution in [0.25, 0.3) is 5.65 Å². The number of pyridine rings is 1. The van der Waals surface area contributed by atoms with Crippen molar-refractivity contribution in [2.75, 3.05) is 6.61 Å². The molecule has 0 radical (unpaired) electrons. The highest BCUT2D eigenvalue weighted by atomic mass is 35.5. The molecule has 1 aliphatic heterocycles. The molecule has 178 valence electrons. The van der Waals surface area contributed by atoms with Crippen molar-refractivity contribution < 1.29 is 19.1 Å². The summed E-state index contributed by atoms with van der Waals surface area (Å²) in [7, 11) is 0. The number of fused-ring (bicyclic) bond motifs is 1. The number of rotatable bonds is 6. The standard InChI is InChI=1S/C25H26ClN3O5/c1-16-4-3-5-17(2)29(16)24(31)15-33-21-9-6-18(7-10-21)25(32)34-14-20-12-23(30)28-13-19(26)8-11-22(28)27-20/h6-13,16-17H,3-5,14-15H2,1-2H3. The zero-order valence-corrected chi connectivity index (χ0v) is 19.8. The summed E-state index contributed by atoms with van der Waals surface area (Å²) in [6.45, 7) is 3.93. The molecule has 1 saturated heterocycles. The third-order valence-corrected chi connectivity index (χ3v) is 6.19. The number of carbonyl (C=O) groups excluding carboxylic acids is 2. The van der Waals surface area contributed by atoms with Gasteiger partial charge in [0.1, 0.15) is 18.0 Å². The summed E-state index contributed by atoms with van der Waals surface area (Å²) in [6, 6.07) is 11.3. The normalized spacial score (nSPS) is 18.0. The van der Waals surface area contributed by atoms with E-state index >= 15 is 0 Å². The van der Waals surface area contributed by atoms with Gasteiger partial charge in [0.2, 0.25) is 0 Å². The maximum absolute atomic E-state index is 12.6. The van der Waals surface area contributed by atoms with Gasteiger partial charge in [-0.25, -0.2) is 9.78 Å². The first kappa shape index (κ1) is 23.8. The number of ether oxygens (including phenoxy) is 2. The second-order valence-corrected chi connectivity index (χ2v) is 8.92. The second-order valence-electron chi connectivity index (χ2n) is 8.48. The number of amides is 1. The Morgan fingerprint density at radius 3 is 2.50 bits per heavy atom. The number of hydrogen-bond donors (Lipinski definition) is 0. The summed E-state index contributed by atoms with van der Waals surface area (Å²) >= 11 is 5.91. The van der Waals surface area contributed by atoms with Crippen molar-refractivity contribution in [1.29, 1.82) is 0 Å². The van der Waals surface area contributed by atoms with Crippen molar-refractivity contribution in [2.24, 2.45) is 0 Å². The average molecular weight is 484 g/mol. The van der Waals surface area contributed by atoms with Gasteiger partial charge in [-0.05, 0) is 69.5 Å². The highest BCUT2D eigenvalue weighted by Crippen LogP contribution is 2.23. The molecule has 0 saturated carbocycles. The molecule has 3 heterocycles. The van der Waals surface area contributed by atoms with Crippen molar-refractivity contribution in [3.8, 4) is 5.75 Å². The molecule has 8 nitrogen and oxygen atoms in total. The number of hydrogen-bond acceptors (Lipinski definition) is 6. The molecule has 0 spiro atoms. The lowest BCUT2D eigenvalue weighted by Crippen LogP contribution is -2.49. The summed E-state index contributed by atoms with van der Waals surface area (Å²) in [5.74, 6) is -0.106. The van der Waals surface area contributed by atoms with E-state index in [9.17, 15) is 14.4 Å². The van der Waals surface area contributed by atoms with Crippen LogP contribution in [-0.2, 0) is 16.1 Å². The Morgan fingerprint density at radius 2 is 1.79 bits per heavy atom. The van der Waals surface area contributed by atoms with Crippen LogP contribution in [0.3, 0.4) is 0 Å². The summed E-state index contributed by atoms with van der Waals surface area (Å²) < 4.78 is 12.3. The minimum Gasteiger partial charge on any atom is -0.484 e. The van der Waals surface area contributed by atoms with Gasteiger partial charge in [0.15, 0.2) is 6.61 Å². The van der Waals surface area contributed by atoms with E-state index in [1.54, 1.807) is 36.4 Å². The number of likely N-dealkylation sites (tertiary alicyclic amines) is 1. The first-order chi connectivity index (χ1) is 16.3. The van der Waals surface area contributed by atoms with E-state index in [4.69, 9.17) is 21.1 Å². The Morgan fingerprint density at radius 1 is 1.09 bits per heavy atom. The van der Waals surface area contributed by atoms with Crippen LogP contribution >= 0.6 is 11.6 Å². The summed E-state index contributed by atoms with van der Waals surface area (Å²) in [4.78, 5) is 43.5. The molecule has 9 heteroatoms. The van der Waals surface area contributed by atoms with Gasteiger partial charge in [-0.3, -0.25) is 14.0 Å². The monoisotopic (exact) mass is 483 g/mol. The molecule has 4 rings (SSSR count). The van der Waals surface area contributed by atoms with Crippen LogP contribution in [-0.4, -0.2) is 44.9 Å². The van der Waals surface area contributed by atoms with Crippen LogP contribution in [0, 0.1) is 0 Å². The first-order valence-corrected chi connectivity index (χ1v) is 11.6. The summed E-state index contributed by atoms with van der Waals surface area (Å²) in [5.41, 5.74) is 0.747. The maximum Gasteiger partial charge on any atom is 0.338 e. The lowest BCUT2D eigenvalue weighted by molar-refractivity contribution is -0.139. The van der Waals surface area contributed by atoms with Crippen LogP contribution in [0.15, 0.2) is 53.5 Å². The lowest BCUT2D eigenvalue weighted by Gasteiger charge is -2.38. The number of aromatic nitrogens is 2. The van der Waals surface area contributed by atoms with Crippen molar-refractivity contribution in [2.45, 2.75) is 51.8 Å². The Labute approximate surface area is 202 Å². The molecule has 1 amide bonds. The van der Waals surface area contributed by atoms with E-state index < -0.39 is 5.97 Å². The smallest absolute Gasteiger partial charge is 0.338 e. The minimum absolute atomic E-state index is 0.0377. The third kappa shape index (κ3) is 5.39. The predicted octanol–water partition coefficient (Wildman–Crippen LogP) is 3.87. The van der Waals surface area contributed by atoms with E-state index in [1.807, 2.05) is 4.90 Å². The van der Waals surface area contributed by atoms with Crippen LogP contribution in [0.5, 0.6) is 5.75 Å². The molecule has 1 fully saturated rings. The molecule has 0 bridgehead atoms. The lowest BCUT2D eigenvalue weighted by atomic mass is 9.97. The second kappa shape index (κ2) is 10.3. The molecule has 2 atom stereocenters. The number of halogens is 1. The largest absolute Gasteiger partial charge is 0.484 e. The van der Waals surface area contributed by atoms with Crippen molar-refractivity contribution >= 4 is 29.1 Å². The fourth-order valence-corrected chi connectivity index (χ4v) is 4.40. The number of nitrogens with zero attached hydrogens (tertiary/aromatic N) is 3. The number of carbonyl (C=O) groups is 2. The minimum atomic E-state index is -0.559. The van der Waals surface area contributed by atoms with Gasteiger partial charge in [0.05, 0.1) is 16.3 Å². The molecule has 2 unspecified atom stereocenters. The Kier molecular flexibility index (Phi) is 7.17. The highest BCUT2D eigenvalue weighted by Gasteiger charge is 2.29. The molecular weight excluding hydrogens is 458 g/mol. The van der Waals surface area contributed by atoms with Gasteiger partial charge in [-0.2, -0.15) is 0 Å². The molecule has 1 aromatic carbocycles. The molecule has 0 N–H and O–H groups in total. The van der Waals surface area contributed by atoms with E-state index in [2.05, 4.69) is 18.8 Å². The molecule has 1 aliphatic rings. The van der Waals surface area contributed by atoms with Crippen LogP contribution in [0.2, 0.25) is 5.02 Å². The van der Waals surface area contributed by atoms with Gasteiger partial charge in [0.25, 0.3) is 11.5 Å². The first-order valence-electron chi connectivity index (χ1n) is 11.2. The zero-order chi connectivity index (χ0) is 24.2. The van der Waals surface area contributed by atoms with Crippen molar-refractivity contribution in [3.05, 3.63) is 75.3 Å². The summed E-state index contributed by atoms with van der Waals surface area (Å²) in [5, 5.41) is 0.419. The molecular formula is C25H26ClN3O5. The third-order valence-electron chi connectivity index (χ3n) is 5.96. The fraction of sp³-hybridized carbons (Fsp3) is 0.360. The average Bonchev–Trinajstić information content (AvgIpc) is 2.82. The fourth-order valence-electron chi connectivity index (χ4n) is 4.24. The number of piperidine rings is 1. The zero-order valence-electron chi connectivity index (χ0n) is 19.1. The van der Waals surface area contributed by atoms with Gasteiger partial charge in [0, 0.05) is 24.3 Å². The maximum atomic E-state index is 12.6. The van der Waals surface area contributed by atoms with Crippen molar-refractivity contribution in [1.82, 2.24) is 14.3 Å². The summed E-state index contributed by atoms with van der Waals surface area (Å²) in [6.07, 6.45) is 4.62.